The highest BCUT2D eigenvalue weighted by molar-refractivity contribution is 7.09. The molecule has 8 nitrogen and oxygen atoms in total. The third kappa shape index (κ3) is 7.69. The van der Waals surface area contributed by atoms with Crippen molar-refractivity contribution in [2.75, 3.05) is 19.7 Å². The average molecular weight is 648 g/mol. The number of ether oxygens (including phenoxy) is 1. The zero-order valence-corrected chi connectivity index (χ0v) is 26.3. The second kappa shape index (κ2) is 13.5. The third-order valence-electron chi connectivity index (χ3n) is 7.16. The number of rotatable bonds is 9. The summed E-state index contributed by atoms with van der Waals surface area (Å²) in [4.78, 5) is 25.0. The van der Waals surface area contributed by atoms with Crippen LogP contribution in [0.4, 0.5) is 17.6 Å². The van der Waals surface area contributed by atoms with Crippen molar-refractivity contribution < 1.29 is 31.9 Å². The molecule has 1 aromatic carbocycles. The molecule has 234 valence electrons. The monoisotopic (exact) mass is 647 g/mol. The summed E-state index contributed by atoms with van der Waals surface area (Å²) in [5, 5.41) is 6.40. The van der Waals surface area contributed by atoms with Crippen LogP contribution in [0.25, 0.3) is 5.70 Å². The maximum atomic E-state index is 13.3. The van der Waals surface area contributed by atoms with E-state index in [1.54, 1.807) is 4.90 Å². The number of alkyl halides is 4. The van der Waals surface area contributed by atoms with Crippen molar-refractivity contribution in [3.05, 3.63) is 69.4 Å². The Balaban J connectivity index is 1.18. The SMILES string of the molecule is C[Si](C)(C)C#CCOc1ccccc1C1C=C(c2csc(C3CCN(C(=O)Cn4nc(C(F)F)cc4C(F)F)CC3)n2)NO1. The fourth-order valence-corrected chi connectivity index (χ4v) is 6.56. The van der Waals surface area contributed by atoms with Crippen LogP contribution >= 0.6 is 11.3 Å². The van der Waals surface area contributed by atoms with Crippen LogP contribution in [0.1, 0.15) is 65.4 Å². The Hall–Kier alpha value is -3.67. The molecule has 1 amide bonds. The number of hydrogen-bond donors (Lipinski definition) is 1. The van der Waals surface area contributed by atoms with E-state index in [4.69, 9.17) is 14.6 Å². The number of benzene rings is 1. The van der Waals surface area contributed by atoms with E-state index in [0.29, 0.717) is 49.0 Å². The number of hydroxylamine groups is 1. The minimum absolute atomic E-state index is 0.120. The number of likely N-dealkylation sites (tertiary alicyclic amines) is 1. The van der Waals surface area contributed by atoms with Crippen molar-refractivity contribution in [2.45, 2.75) is 63.9 Å². The van der Waals surface area contributed by atoms with E-state index in [0.717, 1.165) is 22.0 Å². The summed E-state index contributed by atoms with van der Waals surface area (Å²) in [6, 6.07) is 8.33. The molecule has 1 fully saturated rings. The van der Waals surface area contributed by atoms with Crippen molar-refractivity contribution in [1.82, 2.24) is 25.1 Å². The van der Waals surface area contributed by atoms with Crippen LogP contribution in [0, 0.1) is 11.5 Å². The maximum Gasteiger partial charge on any atom is 0.282 e. The highest BCUT2D eigenvalue weighted by Crippen LogP contribution is 2.36. The van der Waals surface area contributed by atoms with E-state index in [9.17, 15) is 22.4 Å². The minimum Gasteiger partial charge on any atom is -0.481 e. The predicted molar refractivity (Wildman–Crippen MR) is 161 cm³/mol. The molecule has 0 radical (unpaired) electrons. The van der Waals surface area contributed by atoms with E-state index < -0.39 is 44.8 Å². The molecular formula is C30H33F4N5O3SSi. The van der Waals surface area contributed by atoms with Crippen LogP contribution < -0.4 is 10.2 Å². The predicted octanol–water partition coefficient (Wildman–Crippen LogP) is 6.50. The van der Waals surface area contributed by atoms with Gasteiger partial charge in [0.15, 0.2) is 0 Å². The lowest BCUT2D eigenvalue weighted by Gasteiger charge is -2.31. The number of halogens is 4. The van der Waals surface area contributed by atoms with Crippen molar-refractivity contribution in [3.8, 4) is 17.2 Å². The highest BCUT2D eigenvalue weighted by atomic mass is 32.1. The van der Waals surface area contributed by atoms with Gasteiger partial charge in [-0.25, -0.2) is 22.5 Å². The van der Waals surface area contributed by atoms with Gasteiger partial charge in [-0.2, -0.15) is 5.10 Å². The molecule has 5 rings (SSSR count). The van der Waals surface area contributed by atoms with Gasteiger partial charge in [-0.1, -0.05) is 43.8 Å². The molecule has 44 heavy (non-hydrogen) atoms. The van der Waals surface area contributed by atoms with Gasteiger partial charge >= 0.3 is 0 Å². The molecule has 14 heteroatoms. The number of thiazole rings is 1. The van der Waals surface area contributed by atoms with Crippen LogP contribution in [0.2, 0.25) is 19.6 Å². The Kier molecular flexibility index (Phi) is 9.77. The molecule has 0 bridgehead atoms. The van der Waals surface area contributed by atoms with Crippen molar-refractivity contribution >= 4 is 31.0 Å². The van der Waals surface area contributed by atoms with Crippen LogP contribution in [-0.2, 0) is 16.2 Å². The summed E-state index contributed by atoms with van der Waals surface area (Å²) < 4.78 is 59.2. The fraction of sp³-hybridized carbons (Fsp3) is 0.433. The number of piperidine rings is 1. The first-order chi connectivity index (χ1) is 21.0. The van der Waals surface area contributed by atoms with Gasteiger partial charge < -0.3 is 9.64 Å². The first kappa shape index (κ1) is 31.7. The van der Waals surface area contributed by atoms with Gasteiger partial charge in [-0.3, -0.25) is 19.8 Å². The summed E-state index contributed by atoms with van der Waals surface area (Å²) >= 11 is 1.53. The van der Waals surface area contributed by atoms with Gasteiger partial charge in [0.2, 0.25) is 5.91 Å². The standard InChI is InChI=1S/C30H33F4N5O3SSi/c1-44(2,3)14-6-13-41-25-8-5-4-7-20(25)26-16-21(37-42-26)23-18-43-30(35-23)19-9-11-38(12-10-19)27(40)17-39-24(29(33)34)15-22(36-39)28(31)32/h4-5,7-8,15-16,18-19,26,28-29,37H,9-13,17H2,1-3H3. The normalized spacial score (nSPS) is 17.4. The quantitative estimate of drug-likeness (QED) is 0.162. The lowest BCUT2D eigenvalue weighted by Crippen LogP contribution is -2.40. The highest BCUT2D eigenvalue weighted by Gasteiger charge is 2.29. The molecule has 2 aliphatic heterocycles. The van der Waals surface area contributed by atoms with Crippen LogP contribution in [0.15, 0.2) is 41.8 Å². The van der Waals surface area contributed by atoms with Crippen LogP contribution in [0.3, 0.4) is 0 Å². The molecule has 1 N–H and O–H groups in total. The Morgan fingerprint density at radius 3 is 2.64 bits per heavy atom. The number of carbonyl (C=O) groups excluding carboxylic acids is 1. The molecule has 4 heterocycles. The molecule has 3 aromatic rings. The Morgan fingerprint density at radius 2 is 1.93 bits per heavy atom. The summed E-state index contributed by atoms with van der Waals surface area (Å²) in [6.07, 6.45) is -3.15. The van der Waals surface area contributed by atoms with E-state index in [1.165, 1.54) is 11.3 Å². The lowest BCUT2D eigenvalue weighted by atomic mass is 9.97. The molecule has 1 saturated heterocycles. The molecule has 0 spiro atoms. The first-order valence-electron chi connectivity index (χ1n) is 14.2. The van der Waals surface area contributed by atoms with Crippen molar-refractivity contribution in [3.63, 3.8) is 0 Å². The molecule has 1 atom stereocenters. The summed E-state index contributed by atoms with van der Waals surface area (Å²) in [5.74, 6) is 3.51. The molecule has 2 aliphatic rings. The van der Waals surface area contributed by atoms with E-state index in [2.05, 4.69) is 41.7 Å². The Bertz CT molecular complexity index is 1570. The number of hydrogen-bond acceptors (Lipinski definition) is 7. The molecule has 2 aromatic heterocycles. The van der Waals surface area contributed by atoms with E-state index in [1.807, 2.05) is 35.7 Å². The molecule has 0 aliphatic carbocycles. The fourth-order valence-electron chi connectivity index (χ4n) is 4.96. The average Bonchev–Trinajstić information content (AvgIpc) is 3.75. The minimum atomic E-state index is -3.01. The van der Waals surface area contributed by atoms with Gasteiger partial charge in [0.25, 0.3) is 12.9 Å². The molecule has 1 unspecified atom stereocenters. The molecular weight excluding hydrogens is 615 g/mol. The second-order valence-electron chi connectivity index (χ2n) is 11.6. The summed E-state index contributed by atoms with van der Waals surface area (Å²) in [6.45, 7) is 7.13. The Morgan fingerprint density at radius 1 is 1.18 bits per heavy atom. The van der Waals surface area contributed by atoms with Crippen molar-refractivity contribution in [1.29, 1.82) is 0 Å². The largest absolute Gasteiger partial charge is 0.481 e. The number of amides is 1. The van der Waals surface area contributed by atoms with Gasteiger partial charge in [-0.05, 0) is 31.1 Å². The maximum absolute atomic E-state index is 13.3. The summed E-state index contributed by atoms with van der Waals surface area (Å²) in [5.41, 5.74) is 7.19. The zero-order valence-electron chi connectivity index (χ0n) is 24.5. The number of para-hydroxylation sites is 1. The Labute approximate surface area is 258 Å². The van der Waals surface area contributed by atoms with E-state index >= 15 is 0 Å². The van der Waals surface area contributed by atoms with Gasteiger partial charge in [0, 0.05) is 30.0 Å². The number of nitrogens with zero attached hydrogens (tertiary/aromatic N) is 4. The smallest absolute Gasteiger partial charge is 0.282 e. The van der Waals surface area contributed by atoms with Gasteiger partial charge in [0.1, 0.15) is 44.5 Å². The van der Waals surface area contributed by atoms with Crippen molar-refractivity contribution in [2.24, 2.45) is 0 Å². The van der Waals surface area contributed by atoms with E-state index in [-0.39, 0.29) is 12.0 Å². The summed E-state index contributed by atoms with van der Waals surface area (Å²) in [7, 11) is -1.48. The number of nitrogens with one attached hydrogen (secondary N) is 1. The third-order valence-corrected chi connectivity index (χ3v) is 9.09. The number of aromatic nitrogens is 3. The first-order valence-corrected chi connectivity index (χ1v) is 18.6. The second-order valence-corrected chi connectivity index (χ2v) is 17.2. The van der Waals surface area contributed by atoms with Crippen LogP contribution in [0.5, 0.6) is 5.75 Å². The van der Waals surface area contributed by atoms with Crippen LogP contribution in [-0.4, -0.2) is 53.3 Å². The topological polar surface area (TPSA) is 81.5 Å². The lowest BCUT2D eigenvalue weighted by molar-refractivity contribution is -0.133. The van der Waals surface area contributed by atoms with Gasteiger partial charge in [0.05, 0.1) is 16.4 Å². The zero-order chi connectivity index (χ0) is 31.4. The number of carbonyl (C=O) groups is 1. The van der Waals surface area contributed by atoms with Gasteiger partial charge in [-0.15, -0.1) is 16.9 Å². The molecule has 0 saturated carbocycles.